The van der Waals surface area contributed by atoms with Crippen LogP contribution in [0.5, 0.6) is 5.75 Å². The summed E-state index contributed by atoms with van der Waals surface area (Å²) in [5.74, 6) is 0.463. The molecule has 2 aromatic carbocycles. The Kier molecular flexibility index (Phi) is 6.55. The molecule has 0 unspecified atom stereocenters. The average Bonchev–Trinajstić information content (AvgIpc) is 3.06. The highest BCUT2D eigenvalue weighted by Gasteiger charge is 2.20. The number of carbonyl (C=O) groups is 1. The predicted octanol–water partition coefficient (Wildman–Crippen LogP) is 2.53. The van der Waals surface area contributed by atoms with Crippen LogP contribution >= 0.6 is 11.8 Å². The molecule has 152 valence electrons. The van der Waals surface area contributed by atoms with E-state index in [-0.39, 0.29) is 22.3 Å². The van der Waals surface area contributed by atoms with Gasteiger partial charge in [0.1, 0.15) is 17.3 Å². The van der Waals surface area contributed by atoms with Gasteiger partial charge < -0.3 is 14.6 Å². The summed E-state index contributed by atoms with van der Waals surface area (Å²) in [6, 6.07) is 15.3. The average molecular weight is 433 g/mol. The number of para-hydroxylation sites is 2. The Morgan fingerprint density at radius 2 is 1.79 bits per heavy atom. The minimum Gasteiger partial charge on any atom is -0.495 e. The highest BCUT2D eigenvalue weighted by atomic mass is 32.2. The van der Waals surface area contributed by atoms with Crippen LogP contribution in [0, 0.1) is 0 Å². The molecule has 8 nitrogen and oxygen atoms in total. The lowest BCUT2D eigenvalue weighted by molar-refractivity contribution is -0.113. The van der Waals surface area contributed by atoms with Crippen molar-refractivity contribution in [3.63, 3.8) is 0 Å². The third-order valence-corrected chi connectivity index (χ3v) is 6.71. The van der Waals surface area contributed by atoms with E-state index in [2.05, 4.69) is 15.5 Å². The van der Waals surface area contributed by atoms with Crippen molar-refractivity contribution in [2.45, 2.75) is 15.8 Å². The van der Waals surface area contributed by atoms with E-state index in [0.717, 1.165) is 0 Å². The van der Waals surface area contributed by atoms with Gasteiger partial charge in [-0.25, -0.2) is 8.42 Å². The van der Waals surface area contributed by atoms with Gasteiger partial charge in [-0.1, -0.05) is 42.1 Å². The number of anilines is 1. The lowest BCUT2D eigenvalue weighted by Gasteiger charge is -2.09. The number of hydrogen-bond acceptors (Lipinski definition) is 7. The van der Waals surface area contributed by atoms with E-state index in [9.17, 15) is 13.2 Å². The quantitative estimate of drug-likeness (QED) is 0.546. The van der Waals surface area contributed by atoms with Crippen molar-refractivity contribution in [3.05, 3.63) is 60.4 Å². The first kappa shape index (κ1) is 20.9. The van der Waals surface area contributed by atoms with Crippen LogP contribution in [-0.2, 0) is 27.4 Å². The largest absolute Gasteiger partial charge is 0.495 e. The fourth-order valence-corrected chi connectivity index (χ4v) is 4.60. The van der Waals surface area contributed by atoms with E-state index in [1.165, 1.54) is 18.9 Å². The zero-order valence-corrected chi connectivity index (χ0v) is 17.5. The van der Waals surface area contributed by atoms with Gasteiger partial charge in [-0.3, -0.25) is 4.79 Å². The first-order valence-electron chi connectivity index (χ1n) is 8.62. The molecule has 10 heteroatoms. The number of sulfone groups is 1. The van der Waals surface area contributed by atoms with Gasteiger partial charge in [-0.05, 0) is 24.3 Å². The molecule has 0 bridgehead atoms. The van der Waals surface area contributed by atoms with E-state index in [4.69, 9.17) is 4.74 Å². The van der Waals surface area contributed by atoms with Crippen molar-refractivity contribution in [1.29, 1.82) is 0 Å². The van der Waals surface area contributed by atoms with Crippen molar-refractivity contribution >= 4 is 33.2 Å². The molecule has 1 aromatic heterocycles. The second-order valence-electron chi connectivity index (χ2n) is 6.07. The molecule has 0 radical (unpaired) electrons. The van der Waals surface area contributed by atoms with Gasteiger partial charge in [-0.2, -0.15) is 0 Å². The summed E-state index contributed by atoms with van der Waals surface area (Å²) in [4.78, 5) is 12.5. The van der Waals surface area contributed by atoms with Gasteiger partial charge in [0.05, 0.1) is 23.4 Å². The maximum Gasteiger partial charge on any atom is 0.234 e. The highest BCUT2D eigenvalue weighted by molar-refractivity contribution is 7.99. The topological polar surface area (TPSA) is 103 Å². The van der Waals surface area contributed by atoms with Crippen LogP contribution < -0.4 is 10.1 Å². The molecule has 3 rings (SSSR count). The predicted molar refractivity (Wildman–Crippen MR) is 111 cm³/mol. The molecule has 0 spiro atoms. The van der Waals surface area contributed by atoms with Crippen LogP contribution in [0.2, 0.25) is 0 Å². The van der Waals surface area contributed by atoms with Crippen molar-refractivity contribution < 1.29 is 17.9 Å². The number of nitrogens with zero attached hydrogens (tertiary/aromatic N) is 3. The first-order chi connectivity index (χ1) is 13.9. The van der Waals surface area contributed by atoms with Crippen LogP contribution in [-0.4, -0.2) is 42.0 Å². The van der Waals surface area contributed by atoms with Crippen LogP contribution in [0.3, 0.4) is 0 Å². The summed E-state index contributed by atoms with van der Waals surface area (Å²) in [6.45, 7) is 0. The van der Waals surface area contributed by atoms with Gasteiger partial charge in [0.15, 0.2) is 15.0 Å². The summed E-state index contributed by atoms with van der Waals surface area (Å²) in [7, 11) is -0.319. The number of ether oxygens (including phenoxy) is 1. The summed E-state index contributed by atoms with van der Waals surface area (Å²) < 4.78 is 31.9. The zero-order valence-electron chi connectivity index (χ0n) is 15.9. The van der Waals surface area contributed by atoms with Gasteiger partial charge in [-0.15, -0.1) is 10.2 Å². The number of methoxy groups -OCH3 is 1. The monoisotopic (exact) mass is 432 g/mol. The normalized spacial score (nSPS) is 11.2. The molecule has 3 aromatic rings. The Labute approximate surface area is 173 Å². The van der Waals surface area contributed by atoms with Gasteiger partial charge >= 0.3 is 0 Å². The van der Waals surface area contributed by atoms with E-state index >= 15 is 0 Å². The lowest BCUT2D eigenvalue weighted by atomic mass is 10.3. The number of nitrogens with one attached hydrogen (secondary N) is 1. The molecule has 0 saturated carbocycles. The highest BCUT2D eigenvalue weighted by Crippen LogP contribution is 2.24. The molecular formula is C19H20N4O4S2. The Bertz CT molecular complexity index is 1100. The van der Waals surface area contributed by atoms with Crippen molar-refractivity contribution in [1.82, 2.24) is 14.8 Å². The second kappa shape index (κ2) is 9.10. The fraction of sp³-hybridized carbons (Fsp3) is 0.211. The van der Waals surface area contributed by atoms with Crippen molar-refractivity contribution in [3.8, 4) is 5.75 Å². The number of aromatic nitrogens is 3. The summed E-state index contributed by atoms with van der Waals surface area (Å²) >= 11 is 1.17. The van der Waals surface area contributed by atoms with E-state index in [1.54, 1.807) is 60.1 Å². The van der Waals surface area contributed by atoms with Crippen LogP contribution in [0.1, 0.15) is 5.82 Å². The standard InChI is InChI=1S/C19H20N4O4S2/c1-23-17(13-29(25,26)14-8-4-3-5-9-14)21-22-19(23)28-12-18(24)20-15-10-6-7-11-16(15)27-2/h3-11H,12-13H2,1-2H3,(H,20,24). The molecular weight excluding hydrogens is 412 g/mol. The minimum atomic E-state index is -3.53. The molecule has 0 aliphatic heterocycles. The Morgan fingerprint density at radius 1 is 1.10 bits per heavy atom. The molecule has 0 atom stereocenters. The van der Waals surface area contributed by atoms with E-state index in [1.807, 2.05) is 6.07 Å². The molecule has 29 heavy (non-hydrogen) atoms. The van der Waals surface area contributed by atoms with Crippen LogP contribution in [0.4, 0.5) is 5.69 Å². The first-order valence-corrected chi connectivity index (χ1v) is 11.3. The molecule has 0 aliphatic rings. The number of amides is 1. The van der Waals surface area contributed by atoms with Crippen molar-refractivity contribution in [2.75, 3.05) is 18.2 Å². The number of benzene rings is 2. The summed E-state index contributed by atoms with van der Waals surface area (Å²) in [6.07, 6.45) is 0. The summed E-state index contributed by atoms with van der Waals surface area (Å²) in [5.41, 5.74) is 0.577. The molecule has 1 N–H and O–H groups in total. The molecule has 1 heterocycles. The third-order valence-electron chi connectivity index (χ3n) is 4.06. The summed E-state index contributed by atoms with van der Waals surface area (Å²) in [5, 5.41) is 11.2. The van der Waals surface area contributed by atoms with Crippen LogP contribution in [0.25, 0.3) is 0 Å². The Hall–Kier alpha value is -2.85. The maximum absolute atomic E-state index is 12.5. The smallest absolute Gasteiger partial charge is 0.234 e. The third kappa shape index (κ3) is 5.15. The van der Waals surface area contributed by atoms with Gasteiger partial charge in [0, 0.05) is 7.05 Å². The lowest BCUT2D eigenvalue weighted by Crippen LogP contribution is -2.15. The van der Waals surface area contributed by atoms with Gasteiger partial charge in [0.2, 0.25) is 5.91 Å². The molecule has 0 fully saturated rings. The van der Waals surface area contributed by atoms with E-state index < -0.39 is 9.84 Å². The number of rotatable bonds is 8. The fourth-order valence-electron chi connectivity index (χ4n) is 2.54. The second-order valence-corrected chi connectivity index (χ2v) is 9.00. The number of carbonyl (C=O) groups excluding carboxylic acids is 1. The Balaban J connectivity index is 1.63. The Morgan fingerprint density at radius 3 is 2.52 bits per heavy atom. The molecule has 0 saturated heterocycles. The zero-order chi connectivity index (χ0) is 20.9. The molecule has 1 amide bonds. The van der Waals surface area contributed by atoms with Gasteiger partial charge in [0.25, 0.3) is 0 Å². The van der Waals surface area contributed by atoms with E-state index in [0.29, 0.717) is 22.4 Å². The van der Waals surface area contributed by atoms with Crippen LogP contribution in [0.15, 0.2) is 64.6 Å². The number of thioether (sulfide) groups is 1. The SMILES string of the molecule is COc1ccccc1NC(=O)CSc1nnc(CS(=O)(=O)c2ccccc2)n1C. The molecule has 0 aliphatic carbocycles. The van der Waals surface area contributed by atoms with Crippen molar-refractivity contribution in [2.24, 2.45) is 7.05 Å². The minimum absolute atomic E-state index is 0.0927. The number of hydrogen-bond donors (Lipinski definition) is 1. The maximum atomic E-state index is 12.5.